The second-order valence-electron chi connectivity index (χ2n) is 1.99. The molecule has 0 heterocycles. The summed E-state index contributed by atoms with van der Waals surface area (Å²) in [6.07, 6.45) is 8.70. The average Bonchev–Trinajstić information content (AvgIpc) is 2.03. The molecule has 0 amide bonds. The first-order valence-electron chi connectivity index (χ1n) is 3.62. The average molecular weight is 148 g/mol. The second kappa shape index (κ2) is 8.71. The predicted octanol–water partition coefficient (Wildman–Crippen LogP) is 2.10. The Morgan fingerprint density at radius 2 is 2.09 bits per heavy atom. The maximum Gasteiger partial charge on any atom is 0.120 e. The van der Waals surface area contributed by atoms with Crippen LogP contribution < -0.4 is 0 Å². The fraction of sp³-hybridized carbons (Fsp3) is 0.300. The van der Waals surface area contributed by atoms with Gasteiger partial charge in [0.15, 0.2) is 0 Å². The van der Waals surface area contributed by atoms with Gasteiger partial charge in [-0.25, -0.2) is 0 Å². The predicted molar refractivity (Wildman–Crippen MR) is 47.0 cm³/mol. The van der Waals surface area contributed by atoms with Crippen LogP contribution >= 0.6 is 0 Å². The number of carbonyl (C=O) groups excluding carboxylic acids is 1. The van der Waals surface area contributed by atoms with Gasteiger partial charge in [-0.05, 0) is 25.0 Å². The van der Waals surface area contributed by atoms with Crippen molar-refractivity contribution in [3.8, 4) is 11.8 Å². The van der Waals surface area contributed by atoms with Crippen LogP contribution in [0.4, 0.5) is 0 Å². The van der Waals surface area contributed by atoms with Crippen molar-refractivity contribution in [3.05, 3.63) is 24.8 Å². The van der Waals surface area contributed by atoms with Gasteiger partial charge in [-0.2, -0.15) is 0 Å². The number of hydrogen-bond donors (Lipinski definition) is 0. The third-order valence-corrected chi connectivity index (χ3v) is 1.08. The van der Waals surface area contributed by atoms with Crippen LogP contribution in [-0.4, -0.2) is 6.29 Å². The molecule has 0 atom stereocenters. The van der Waals surface area contributed by atoms with Crippen molar-refractivity contribution < 1.29 is 4.79 Å². The van der Waals surface area contributed by atoms with Gasteiger partial charge in [0.05, 0.1) is 0 Å². The summed E-state index contributed by atoms with van der Waals surface area (Å²) in [4.78, 5) is 9.87. The van der Waals surface area contributed by atoms with E-state index in [9.17, 15) is 4.79 Å². The molecule has 11 heavy (non-hydrogen) atoms. The fourth-order valence-corrected chi connectivity index (χ4v) is 0.568. The molecule has 0 fully saturated rings. The zero-order valence-corrected chi connectivity index (χ0v) is 6.55. The van der Waals surface area contributed by atoms with Crippen molar-refractivity contribution in [2.75, 3.05) is 0 Å². The molecule has 1 nitrogen and oxygen atoms in total. The quantitative estimate of drug-likeness (QED) is 0.339. The molecular formula is C10H12O. The summed E-state index contributed by atoms with van der Waals surface area (Å²) in [5.41, 5.74) is 0. The molecule has 0 radical (unpaired) electrons. The summed E-state index contributed by atoms with van der Waals surface area (Å²) in [7, 11) is 0. The lowest BCUT2D eigenvalue weighted by atomic mass is 10.2. The highest BCUT2D eigenvalue weighted by Crippen LogP contribution is 1.92. The van der Waals surface area contributed by atoms with Crippen LogP contribution in [0, 0.1) is 11.8 Å². The van der Waals surface area contributed by atoms with Crippen molar-refractivity contribution in [2.45, 2.75) is 19.3 Å². The standard InChI is InChI=1S/C10H12O/c1-2-3-4-5-6-7-8-9-10-11/h2,5-6,10H,1,7-9H2/b6-5-. The van der Waals surface area contributed by atoms with Crippen molar-refractivity contribution in [1.29, 1.82) is 0 Å². The molecule has 0 aromatic heterocycles. The number of allylic oxidation sites excluding steroid dienone is 3. The molecule has 0 saturated carbocycles. The zero-order chi connectivity index (χ0) is 8.36. The molecule has 0 bridgehead atoms. The molecule has 0 N–H and O–H groups in total. The van der Waals surface area contributed by atoms with Gasteiger partial charge < -0.3 is 4.79 Å². The molecule has 0 rings (SSSR count). The maximum atomic E-state index is 9.87. The van der Waals surface area contributed by atoms with Crippen LogP contribution in [0.5, 0.6) is 0 Å². The Morgan fingerprint density at radius 3 is 2.73 bits per heavy atom. The monoisotopic (exact) mass is 148 g/mol. The van der Waals surface area contributed by atoms with E-state index in [1.807, 2.05) is 6.08 Å². The molecule has 58 valence electrons. The van der Waals surface area contributed by atoms with Crippen LogP contribution in [0.2, 0.25) is 0 Å². The van der Waals surface area contributed by atoms with E-state index >= 15 is 0 Å². The molecule has 0 aliphatic rings. The lowest BCUT2D eigenvalue weighted by molar-refractivity contribution is -0.107. The molecule has 0 aromatic rings. The van der Waals surface area contributed by atoms with E-state index in [0.717, 1.165) is 19.1 Å². The van der Waals surface area contributed by atoms with Crippen molar-refractivity contribution in [3.63, 3.8) is 0 Å². The highest BCUT2D eigenvalue weighted by Gasteiger charge is 1.79. The maximum absolute atomic E-state index is 9.87. The molecule has 0 spiro atoms. The molecule has 0 aliphatic heterocycles. The summed E-state index contributed by atoms with van der Waals surface area (Å²) >= 11 is 0. The van der Waals surface area contributed by atoms with Crippen molar-refractivity contribution in [1.82, 2.24) is 0 Å². The Morgan fingerprint density at radius 1 is 1.27 bits per heavy atom. The SMILES string of the molecule is C=CC#C/C=C\CCCC=O. The summed E-state index contributed by atoms with van der Waals surface area (Å²) in [6, 6.07) is 0. The first kappa shape index (κ1) is 9.71. The minimum absolute atomic E-state index is 0.638. The minimum atomic E-state index is 0.638. The molecule has 0 aliphatic carbocycles. The van der Waals surface area contributed by atoms with Crippen LogP contribution in [0.3, 0.4) is 0 Å². The lowest BCUT2D eigenvalue weighted by Crippen LogP contribution is -1.72. The third-order valence-electron chi connectivity index (χ3n) is 1.08. The van der Waals surface area contributed by atoms with E-state index in [-0.39, 0.29) is 0 Å². The van der Waals surface area contributed by atoms with Gasteiger partial charge in [0.2, 0.25) is 0 Å². The first-order chi connectivity index (χ1) is 5.41. The molecule has 0 saturated heterocycles. The van der Waals surface area contributed by atoms with Gasteiger partial charge in [0.25, 0.3) is 0 Å². The summed E-state index contributed by atoms with van der Waals surface area (Å²) in [6.45, 7) is 3.45. The number of aldehydes is 1. The van der Waals surface area contributed by atoms with Gasteiger partial charge in [-0.15, -0.1) is 0 Å². The number of unbranched alkanes of at least 4 members (excludes halogenated alkanes) is 2. The molecule has 0 unspecified atom stereocenters. The lowest BCUT2D eigenvalue weighted by Gasteiger charge is -1.83. The topological polar surface area (TPSA) is 17.1 Å². The summed E-state index contributed by atoms with van der Waals surface area (Å²) in [5.74, 6) is 5.47. The Labute approximate surface area is 67.8 Å². The normalized spacial score (nSPS) is 8.73. The third kappa shape index (κ3) is 8.71. The summed E-state index contributed by atoms with van der Waals surface area (Å²) < 4.78 is 0. The van der Waals surface area contributed by atoms with Gasteiger partial charge in [0, 0.05) is 6.42 Å². The number of rotatable bonds is 4. The Hall–Kier alpha value is -1.29. The van der Waals surface area contributed by atoms with Gasteiger partial charge in [-0.1, -0.05) is 24.5 Å². The molecule has 0 aromatic carbocycles. The Kier molecular flexibility index (Phi) is 7.69. The van der Waals surface area contributed by atoms with E-state index in [1.165, 1.54) is 0 Å². The largest absolute Gasteiger partial charge is 0.303 e. The van der Waals surface area contributed by atoms with Gasteiger partial charge in [0.1, 0.15) is 6.29 Å². The van der Waals surface area contributed by atoms with Crippen LogP contribution in [0.15, 0.2) is 24.8 Å². The highest BCUT2D eigenvalue weighted by atomic mass is 16.1. The van der Waals surface area contributed by atoms with E-state index in [4.69, 9.17) is 0 Å². The minimum Gasteiger partial charge on any atom is -0.303 e. The molecular weight excluding hydrogens is 136 g/mol. The van der Waals surface area contributed by atoms with E-state index in [2.05, 4.69) is 18.4 Å². The van der Waals surface area contributed by atoms with Gasteiger partial charge >= 0.3 is 0 Å². The summed E-state index contributed by atoms with van der Waals surface area (Å²) in [5, 5.41) is 0. The Bertz CT molecular complexity index is 191. The van der Waals surface area contributed by atoms with E-state index in [1.54, 1.807) is 12.2 Å². The second-order valence-corrected chi connectivity index (χ2v) is 1.99. The number of hydrogen-bond acceptors (Lipinski definition) is 1. The highest BCUT2D eigenvalue weighted by molar-refractivity contribution is 5.49. The zero-order valence-electron chi connectivity index (χ0n) is 6.55. The fourth-order valence-electron chi connectivity index (χ4n) is 0.568. The van der Waals surface area contributed by atoms with E-state index < -0.39 is 0 Å². The molecule has 1 heteroatoms. The smallest absolute Gasteiger partial charge is 0.120 e. The van der Waals surface area contributed by atoms with E-state index in [0.29, 0.717) is 6.42 Å². The van der Waals surface area contributed by atoms with Crippen molar-refractivity contribution in [2.24, 2.45) is 0 Å². The van der Waals surface area contributed by atoms with Gasteiger partial charge in [-0.3, -0.25) is 0 Å². The Balaban J connectivity index is 3.29. The van der Waals surface area contributed by atoms with Crippen molar-refractivity contribution >= 4 is 6.29 Å². The van der Waals surface area contributed by atoms with Crippen LogP contribution in [-0.2, 0) is 4.79 Å². The van der Waals surface area contributed by atoms with Crippen LogP contribution in [0.1, 0.15) is 19.3 Å². The first-order valence-corrected chi connectivity index (χ1v) is 3.62. The number of carbonyl (C=O) groups is 1. The van der Waals surface area contributed by atoms with Crippen LogP contribution in [0.25, 0.3) is 0 Å².